The van der Waals surface area contributed by atoms with Gasteiger partial charge in [0.2, 0.25) is 5.91 Å². The van der Waals surface area contributed by atoms with E-state index in [-0.39, 0.29) is 24.7 Å². The fraction of sp³-hybridized carbons (Fsp3) is 0.529. The Labute approximate surface area is 157 Å². The zero-order chi connectivity index (χ0) is 20.2. The summed E-state index contributed by atoms with van der Waals surface area (Å²) in [6.07, 6.45) is 0. The lowest BCUT2D eigenvalue weighted by atomic mass is 10.2. The van der Waals surface area contributed by atoms with Gasteiger partial charge in [0.05, 0.1) is 26.8 Å². The zero-order valence-corrected chi connectivity index (χ0v) is 15.9. The van der Waals surface area contributed by atoms with Crippen LogP contribution in [0.5, 0.6) is 11.5 Å². The van der Waals surface area contributed by atoms with Crippen molar-refractivity contribution < 1.29 is 27.8 Å². The van der Waals surface area contributed by atoms with Gasteiger partial charge in [-0.15, -0.1) is 0 Å². The fourth-order valence-corrected chi connectivity index (χ4v) is 1.94. The summed E-state index contributed by atoms with van der Waals surface area (Å²) in [4.78, 5) is 17.5. The van der Waals surface area contributed by atoms with E-state index in [0.717, 1.165) is 0 Å². The molecule has 0 atom stereocenters. The van der Waals surface area contributed by atoms with Crippen LogP contribution in [-0.2, 0) is 16.1 Å². The van der Waals surface area contributed by atoms with E-state index < -0.39 is 6.61 Å². The average molecular weight is 388 g/mol. The molecule has 1 aromatic carbocycles. The summed E-state index contributed by atoms with van der Waals surface area (Å²) in [6.45, 7) is -1.99. The van der Waals surface area contributed by atoms with Gasteiger partial charge in [0, 0.05) is 33.3 Å². The molecule has 152 valence electrons. The molecule has 0 radical (unpaired) electrons. The second-order valence-corrected chi connectivity index (χ2v) is 5.58. The van der Waals surface area contributed by atoms with Crippen molar-refractivity contribution in [2.75, 3.05) is 48.0 Å². The number of guanidine groups is 1. The number of rotatable bonds is 10. The van der Waals surface area contributed by atoms with Crippen LogP contribution in [0.1, 0.15) is 5.56 Å². The Morgan fingerprint density at radius 1 is 1.26 bits per heavy atom. The van der Waals surface area contributed by atoms with Gasteiger partial charge < -0.3 is 29.7 Å². The number of amides is 1. The Balaban J connectivity index is 2.92. The standard InChI is InChI=1S/C17H26F2N4O4/c1-23(2)15(24)11-22-17(20-7-8-25-3)21-10-12-9-13(26-4)5-6-14(12)27-16(18)19/h5-6,9,16H,7-8,10-11H2,1-4H3,(H2,20,21,22). The predicted molar refractivity (Wildman–Crippen MR) is 97.3 cm³/mol. The van der Waals surface area contributed by atoms with Crippen LogP contribution in [0.4, 0.5) is 8.78 Å². The molecule has 0 saturated heterocycles. The van der Waals surface area contributed by atoms with Crippen molar-refractivity contribution in [3.63, 3.8) is 0 Å². The van der Waals surface area contributed by atoms with Crippen molar-refractivity contribution in [2.45, 2.75) is 13.2 Å². The predicted octanol–water partition coefficient (Wildman–Crippen LogP) is 1.07. The Hall–Kier alpha value is -2.62. The molecule has 0 aliphatic heterocycles. The topological polar surface area (TPSA) is 84.4 Å². The molecule has 0 fully saturated rings. The van der Waals surface area contributed by atoms with E-state index in [4.69, 9.17) is 9.47 Å². The van der Waals surface area contributed by atoms with Crippen molar-refractivity contribution in [3.8, 4) is 11.5 Å². The molecule has 0 spiro atoms. The fourth-order valence-electron chi connectivity index (χ4n) is 1.94. The van der Waals surface area contributed by atoms with Crippen molar-refractivity contribution in [3.05, 3.63) is 23.8 Å². The first-order chi connectivity index (χ1) is 12.9. The second-order valence-electron chi connectivity index (χ2n) is 5.58. The van der Waals surface area contributed by atoms with Gasteiger partial charge in [-0.1, -0.05) is 0 Å². The van der Waals surface area contributed by atoms with E-state index in [2.05, 4.69) is 20.4 Å². The van der Waals surface area contributed by atoms with E-state index in [1.54, 1.807) is 27.3 Å². The Kier molecular flexibility index (Phi) is 9.88. The molecule has 0 bridgehead atoms. The Morgan fingerprint density at radius 3 is 2.59 bits per heavy atom. The van der Waals surface area contributed by atoms with E-state index in [9.17, 15) is 13.6 Å². The molecule has 1 rings (SSSR count). The highest BCUT2D eigenvalue weighted by atomic mass is 19.3. The van der Waals surface area contributed by atoms with Gasteiger partial charge >= 0.3 is 6.61 Å². The summed E-state index contributed by atoms with van der Waals surface area (Å²) in [5, 5.41) is 5.89. The molecule has 0 aliphatic rings. The second kappa shape index (κ2) is 11.9. The molecular formula is C17H26F2N4O4. The van der Waals surface area contributed by atoms with Crippen LogP contribution in [0.25, 0.3) is 0 Å². The molecule has 2 N–H and O–H groups in total. The number of hydrogen-bond acceptors (Lipinski definition) is 5. The molecule has 0 aliphatic carbocycles. The summed E-state index contributed by atoms with van der Waals surface area (Å²) < 4.78 is 39.8. The summed E-state index contributed by atoms with van der Waals surface area (Å²) in [5.41, 5.74) is 0.418. The number of aliphatic imine (C=N–C) groups is 1. The maximum Gasteiger partial charge on any atom is 0.387 e. The minimum absolute atomic E-state index is 0.00941. The van der Waals surface area contributed by atoms with Gasteiger partial charge in [0.15, 0.2) is 5.96 Å². The van der Waals surface area contributed by atoms with Crippen LogP contribution in [-0.4, -0.2) is 71.4 Å². The Morgan fingerprint density at radius 2 is 2.00 bits per heavy atom. The van der Waals surface area contributed by atoms with Gasteiger partial charge in [0.25, 0.3) is 0 Å². The molecule has 1 amide bonds. The third-order valence-electron chi connectivity index (χ3n) is 3.40. The van der Waals surface area contributed by atoms with E-state index in [1.807, 2.05) is 0 Å². The van der Waals surface area contributed by atoms with Gasteiger partial charge in [-0.25, -0.2) is 4.99 Å². The van der Waals surface area contributed by atoms with Gasteiger partial charge in [-0.2, -0.15) is 8.78 Å². The summed E-state index contributed by atoms with van der Waals surface area (Å²) in [5.74, 6) is 0.703. The van der Waals surface area contributed by atoms with Crippen LogP contribution < -0.4 is 20.1 Å². The maximum absolute atomic E-state index is 12.6. The number of methoxy groups -OCH3 is 2. The molecule has 8 nitrogen and oxygen atoms in total. The number of ether oxygens (including phenoxy) is 3. The molecule has 1 aromatic rings. The summed E-state index contributed by atoms with van der Waals surface area (Å²) in [6, 6.07) is 4.49. The molecule has 0 unspecified atom stereocenters. The highest BCUT2D eigenvalue weighted by Crippen LogP contribution is 2.26. The number of carbonyl (C=O) groups is 1. The molecule has 0 aromatic heterocycles. The number of nitrogens with one attached hydrogen (secondary N) is 2. The molecule has 27 heavy (non-hydrogen) atoms. The van der Waals surface area contributed by atoms with E-state index >= 15 is 0 Å². The normalized spacial score (nSPS) is 11.3. The number of carbonyl (C=O) groups excluding carboxylic acids is 1. The average Bonchev–Trinajstić information content (AvgIpc) is 2.63. The monoisotopic (exact) mass is 388 g/mol. The molecule has 0 saturated carbocycles. The third-order valence-corrected chi connectivity index (χ3v) is 3.40. The van der Waals surface area contributed by atoms with Gasteiger partial charge in [-0.05, 0) is 18.2 Å². The largest absolute Gasteiger partial charge is 0.497 e. The molecule has 0 heterocycles. The van der Waals surface area contributed by atoms with Crippen molar-refractivity contribution in [2.24, 2.45) is 4.99 Å². The van der Waals surface area contributed by atoms with Crippen molar-refractivity contribution in [1.82, 2.24) is 15.5 Å². The van der Waals surface area contributed by atoms with E-state index in [0.29, 0.717) is 30.4 Å². The van der Waals surface area contributed by atoms with Crippen LogP contribution >= 0.6 is 0 Å². The number of halogens is 2. The Bertz CT molecular complexity index is 627. The number of nitrogens with zero attached hydrogens (tertiary/aromatic N) is 2. The number of benzene rings is 1. The highest BCUT2D eigenvalue weighted by molar-refractivity contribution is 5.86. The van der Waals surface area contributed by atoms with Gasteiger partial charge in [0.1, 0.15) is 11.5 Å². The SMILES string of the molecule is COCCNC(=NCc1cc(OC)ccc1OC(F)F)NCC(=O)N(C)C. The van der Waals surface area contributed by atoms with Crippen LogP contribution in [0.3, 0.4) is 0 Å². The third kappa shape index (κ3) is 8.54. The summed E-state index contributed by atoms with van der Waals surface area (Å²) >= 11 is 0. The maximum atomic E-state index is 12.6. The first kappa shape index (κ1) is 22.4. The first-order valence-electron chi connectivity index (χ1n) is 8.20. The number of alkyl halides is 2. The summed E-state index contributed by atoms with van der Waals surface area (Å²) in [7, 11) is 6.32. The van der Waals surface area contributed by atoms with Crippen LogP contribution in [0, 0.1) is 0 Å². The smallest absolute Gasteiger partial charge is 0.387 e. The lowest BCUT2D eigenvalue weighted by molar-refractivity contribution is -0.127. The van der Waals surface area contributed by atoms with Gasteiger partial charge in [-0.3, -0.25) is 4.79 Å². The van der Waals surface area contributed by atoms with Crippen molar-refractivity contribution in [1.29, 1.82) is 0 Å². The van der Waals surface area contributed by atoms with Crippen molar-refractivity contribution >= 4 is 11.9 Å². The first-order valence-corrected chi connectivity index (χ1v) is 8.20. The lowest BCUT2D eigenvalue weighted by Crippen LogP contribution is -2.43. The minimum atomic E-state index is -2.95. The van der Waals surface area contributed by atoms with E-state index in [1.165, 1.54) is 24.1 Å². The lowest BCUT2D eigenvalue weighted by Gasteiger charge is -2.15. The number of likely N-dealkylation sites (N-methyl/N-ethyl adjacent to an activating group) is 1. The highest BCUT2D eigenvalue weighted by Gasteiger charge is 2.12. The van der Waals surface area contributed by atoms with Crippen LogP contribution in [0.15, 0.2) is 23.2 Å². The minimum Gasteiger partial charge on any atom is -0.497 e. The van der Waals surface area contributed by atoms with Crippen LogP contribution in [0.2, 0.25) is 0 Å². The number of hydrogen-bond donors (Lipinski definition) is 2. The molecule has 10 heteroatoms. The quantitative estimate of drug-likeness (QED) is 0.354. The zero-order valence-electron chi connectivity index (χ0n) is 15.9. The molecular weight excluding hydrogens is 362 g/mol.